The third-order valence-electron chi connectivity index (χ3n) is 3.79. The first-order valence-electron chi connectivity index (χ1n) is 7.99. The molecule has 7 nitrogen and oxygen atoms in total. The maximum Gasteiger partial charge on any atom is 0.258 e. The molecule has 2 aromatic rings. The van der Waals surface area contributed by atoms with Gasteiger partial charge in [0.2, 0.25) is 0 Å². The predicted octanol–water partition coefficient (Wildman–Crippen LogP) is 2.06. The molecule has 7 heteroatoms. The minimum atomic E-state index is -0.615. The lowest BCUT2D eigenvalue weighted by Gasteiger charge is -2.18. The molecule has 0 aliphatic heterocycles. The number of rotatable bonds is 8. The van der Waals surface area contributed by atoms with Gasteiger partial charge in [-0.15, -0.1) is 0 Å². The van der Waals surface area contributed by atoms with E-state index in [0.717, 1.165) is 5.56 Å². The number of nitrogens with one attached hydrogen (secondary N) is 1. The van der Waals surface area contributed by atoms with Crippen LogP contribution >= 0.6 is 0 Å². The summed E-state index contributed by atoms with van der Waals surface area (Å²) in [7, 11) is 3.13. The molecule has 138 valence electrons. The Morgan fingerprint density at radius 3 is 2.46 bits per heavy atom. The molecule has 0 saturated heterocycles. The first kappa shape index (κ1) is 19.1. The van der Waals surface area contributed by atoms with Crippen molar-refractivity contribution in [2.45, 2.75) is 13.0 Å². The van der Waals surface area contributed by atoms with E-state index in [9.17, 15) is 9.59 Å². The zero-order valence-electron chi connectivity index (χ0n) is 14.9. The largest absolute Gasteiger partial charge is 0.497 e. The number of amides is 2. The molecule has 0 aliphatic rings. The van der Waals surface area contributed by atoms with E-state index in [2.05, 4.69) is 5.32 Å². The Morgan fingerprint density at radius 2 is 1.81 bits per heavy atom. The van der Waals surface area contributed by atoms with Crippen LogP contribution in [0.4, 0.5) is 0 Å². The van der Waals surface area contributed by atoms with Gasteiger partial charge in [0.15, 0.2) is 6.61 Å². The summed E-state index contributed by atoms with van der Waals surface area (Å²) in [4.78, 5) is 23.6. The summed E-state index contributed by atoms with van der Waals surface area (Å²) in [5.74, 6) is 0.603. The number of nitrogens with two attached hydrogens (primary N) is 1. The fourth-order valence-corrected chi connectivity index (χ4v) is 2.48. The molecule has 0 unspecified atom stereocenters. The van der Waals surface area contributed by atoms with Crippen molar-refractivity contribution in [1.29, 1.82) is 0 Å². The molecule has 0 heterocycles. The van der Waals surface area contributed by atoms with E-state index in [1.165, 1.54) is 0 Å². The van der Waals surface area contributed by atoms with Crippen molar-refractivity contribution in [3.8, 4) is 17.2 Å². The van der Waals surface area contributed by atoms with Gasteiger partial charge in [-0.05, 0) is 37.3 Å². The molecular weight excluding hydrogens is 336 g/mol. The zero-order chi connectivity index (χ0) is 19.1. The van der Waals surface area contributed by atoms with Crippen LogP contribution in [0.15, 0.2) is 42.5 Å². The smallest absolute Gasteiger partial charge is 0.258 e. The molecule has 0 bridgehead atoms. The summed E-state index contributed by atoms with van der Waals surface area (Å²) in [6.45, 7) is 1.58. The summed E-state index contributed by atoms with van der Waals surface area (Å²) >= 11 is 0. The van der Waals surface area contributed by atoms with Gasteiger partial charge >= 0.3 is 0 Å². The van der Waals surface area contributed by atoms with Gasteiger partial charge in [0.1, 0.15) is 17.2 Å². The quantitative estimate of drug-likeness (QED) is 0.752. The highest BCUT2D eigenvalue weighted by Crippen LogP contribution is 2.29. The molecule has 1 atom stereocenters. The van der Waals surface area contributed by atoms with Crippen LogP contribution in [0, 0.1) is 0 Å². The molecule has 0 saturated carbocycles. The van der Waals surface area contributed by atoms with E-state index < -0.39 is 5.91 Å². The lowest BCUT2D eigenvalue weighted by Crippen LogP contribution is -2.31. The first-order chi connectivity index (χ1) is 12.5. The minimum absolute atomic E-state index is 0.225. The number of methoxy groups -OCH3 is 2. The topological polar surface area (TPSA) is 99.9 Å². The van der Waals surface area contributed by atoms with Crippen LogP contribution in [-0.2, 0) is 4.79 Å². The molecule has 0 aromatic heterocycles. The van der Waals surface area contributed by atoms with E-state index in [1.807, 2.05) is 6.92 Å². The molecule has 26 heavy (non-hydrogen) atoms. The summed E-state index contributed by atoms with van der Waals surface area (Å²) in [5.41, 5.74) is 6.29. The Labute approximate surface area is 152 Å². The lowest BCUT2D eigenvalue weighted by atomic mass is 10.1. The third-order valence-corrected chi connectivity index (χ3v) is 3.79. The van der Waals surface area contributed by atoms with Crippen molar-refractivity contribution in [3.05, 3.63) is 53.6 Å². The predicted molar refractivity (Wildman–Crippen MR) is 96.6 cm³/mol. The van der Waals surface area contributed by atoms with Crippen LogP contribution < -0.4 is 25.3 Å². The molecular formula is C19H22N2O5. The van der Waals surface area contributed by atoms with Crippen LogP contribution in [-0.4, -0.2) is 32.6 Å². The fraction of sp³-hybridized carbons (Fsp3) is 0.263. The average Bonchev–Trinajstić information content (AvgIpc) is 2.65. The van der Waals surface area contributed by atoms with Gasteiger partial charge in [-0.2, -0.15) is 0 Å². The average molecular weight is 358 g/mol. The van der Waals surface area contributed by atoms with E-state index >= 15 is 0 Å². The van der Waals surface area contributed by atoms with Crippen molar-refractivity contribution in [2.24, 2.45) is 5.73 Å². The number of para-hydroxylation sites is 1. The van der Waals surface area contributed by atoms with E-state index in [1.54, 1.807) is 56.7 Å². The lowest BCUT2D eigenvalue weighted by molar-refractivity contribution is -0.123. The normalized spacial score (nSPS) is 11.3. The van der Waals surface area contributed by atoms with Crippen LogP contribution in [0.5, 0.6) is 17.2 Å². The van der Waals surface area contributed by atoms with Crippen molar-refractivity contribution in [1.82, 2.24) is 5.32 Å². The van der Waals surface area contributed by atoms with E-state index in [-0.39, 0.29) is 29.9 Å². The van der Waals surface area contributed by atoms with Gasteiger partial charge in [-0.3, -0.25) is 9.59 Å². The summed E-state index contributed by atoms with van der Waals surface area (Å²) in [6, 6.07) is 11.5. The molecule has 0 spiro atoms. The van der Waals surface area contributed by atoms with Crippen LogP contribution in [0.3, 0.4) is 0 Å². The second-order valence-electron chi connectivity index (χ2n) is 5.55. The van der Waals surface area contributed by atoms with Crippen LogP contribution in [0.25, 0.3) is 0 Å². The maximum absolute atomic E-state index is 12.2. The number of benzene rings is 2. The molecule has 0 aliphatic carbocycles. The Morgan fingerprint density at radius 1 is 1.08 bits per heavy atom. The van der Waals surface area contributed by atoms with E-state index in [0.29, 0.717) is 11.5 Å². The van der Waals surface area contributed by atoms with Gasteiger partial charge in [-0.25, -0.2) is 0 Å². The second kappa shape index (κ2) is 8.75. The Bertz CT molecular complexity index is 791. The summed E-state index contributed by atoms with van der Waals surface area (Å²) in [6.07, 6.45) is 0. The van der Waals surface area contributed by atoms with Gasteiger partial charge in [0.05, 0.1) is 25.8 Å². The fourth-order valence-electron chi connectivity index (χ4n) is 2.48. The first-order valence-corrected chi connectivity index (χ1v) is 7.99. The van der Waals surface area contributed by atoms with Crippen LogP contribution in [0.1, 0.15) is 28.9 Å². The zero-order valence-corrected chi connectivity index (χ0v) is 14.9. The van der Waals surface area contributed by atoms with Crippen molar-refractivity contribution in [2.75, 3.05) is 20.8 Å². The highest BCUT2D eigenvalue weighted by atomic mass is 16.5. The monoisotopic (exact) mass is 358 g/mol. The number of ether oxygens (including phenoxy) is 3. The molecule has 2 rings (SSSR count). The van der Waals surface area contributed by atoms with Gasteiger partial charge in [0, 0.05) is 5.56 Å². The molecule has 0 fully saturated rings. The highest BCUT2D eigenvalue weighted by Gasteiger charge is 2.16. The number of hydrogen-bond donors (Lipinski definition) is 2. The number of hydrogen-bond acceptors (Lipinski definition) is 5. The SMILES string of the molecule is COc1ccc(OC)c([C@H](C)NC(=O)COc2ccccc2C(N)=O)c1. The molecule has 2 amide bonds. The standard InChI is InChI=1S/C19H22N2O5/c1-12(15-10-13(24-2)8-9-16(15)25-3)21-18(22)11-26-17-7-5-4-6-14(17)19(20)23/h4-10,12H,11H2,1-3H3,(H2,20,23)(H,21,22)/t12-/m0/s1. The molecule has 2 aromatic carbocycles. The van der Waals surface area contributed by atoms with Gasteiger partial charge in [0.25, 0.3) is 11.8 Å². The van der Waals surface area contributed by atoms with Gasteiger partial charge < -0.3 is 25.3 Å². The highest BCUT2D eigenvalue weighted by molar-refractivity contribution is 5.95. The third kappa shape index (κ3) is 4.66. The van der Waals surface area contributed by atoms with Gasteiger partial charge in [-0.1, -0.05) is 12.1 Å². The van der Waals surface area contributed by atoms with E-state index in [4.69, 9.17) is 19.9 Å². The maximum atomic E-state index is 12.2. The molecule has 0 radical (unpaired) electrons. The second-order valence-corrected chi connectivity index (χ2v) is 5.55. The van der Waals surface area contributed by atoms with Crippen LogP contribution in [0.2, 0.25) is 0 Å². The number of primary amides is 1. The Balaban J connectivity index is 2.03. The summed E-state index contributed by atoms with van der Waals surface area (Å²) < 4.78 is 16.0. The number of carbonyl (C=O) groups is 2. The number of carbonyl (C=O) groups excluding carboxylic acids is 2. The Kier molecular flexibility index (Phi) is 6.43. The minimum Gasteiger partial charge on any atom is -0.497 e. The Hall–Kier alpha value is -3.22. The van der Waals surface area contributed by atoms with Crippen molar-refractivity contribution in [3.63, 3.8) is 0 Å². The van der Waals surface area contributed by atoms with Crippen molar-refractivity contribution < 1.29 is 23.8 Å². The van der Waals surface area contributed by atoms with Crippen molar-refractivity contribution >= 4 is 11.8 Å². The molecule has 3 N–H and O–H groups in total. The summed E-state index contributed by atoms with van der Waals surface area (Å²) in [5, 5.41) is 2.83.